The number of nitrogens with one attached hydrogen (secondary N) is 1. The van der Waals surface area contributed by atoms with Gasteiger partial charge in [-0.25, -0.2) is 0 Å². The Balaban J connectivity index is 1.51. The van der Waals surface area contributed by atoms with Gasteiger partial charge in [-0.1, -0.05) is 28.7 Å². The number of carbonyl (C=O) groups excluding carboxylic acids is 3. The van der Waals surface area contributed by atoms with Crippen molar-refractivity contribution in [1.82, 2.24) is 9.88 Å². The molecule has 7 nitrogen and oxygen atoms in total. The van der Waals surface area contributed by atoms with Crippen molar-refractivity contribution in [3.8, 4) is 0 Å². The summed E-state index contributed by atoms with van der Waals surface area (Å²) in [5.74, 6) is -1.73. The van der Waals surface area contributed by atoms with Crippen LogP contribution in [0.3, 0.4) is 0 Å². The van der Waals surface area contributed by atoms with Crippen LogP contribution in [0.25, 0.3) is 6.08 Å². The highest BCUT2D eigenvalue weighted by atomic mass is 32.2. The van der Waals surface area contributed by atoms with Gasteiger partial charge in [-0.15, -0.1) is 0 Å². The maximum Gasteiger partial charge on any atom is 0.325 e. The smallest absolute Gasteiger partial charge is 0.325 e. The first-order valence-corrected chi connectivity index (χ1v) is 9.72. The summed E-state index contributed by atoms with van der Waals surface area (Å²) in [6.07, 6.45) is 2.85. The van der Waals surface area contributed by atoms with Gasteiger partial charge < -0.3 is 9.72 Å². The van der Waals surface area contributed by atoms with Gasteiger partial charge >= 0.3 is 10.8 Å². The molecule has 0 aromatic carbocycles. The quantitative estimate of drug-likeness (QED) is 0.602. The van der Waals surface area contributed by atoms with Crippen molar-refractivity contribution in [3.05, 3.63) is 20.1 Å². The average Bonchev–Trinajstić information content (AvgIpc) is 3.29. The van der Waals surface area contributed by atoms with Gasteiger partial charge in [-0.05, 0) is 24.3 Å². The number of methoxy groups -OCH3 is 1. The van der Waals surface area contributed by atoms with E-state index < -0.39 is 5.97 Å². The average molecular weight is 378 g/mol. The minimum Gasteiger partial charge on any atom is -0.468 e. The zero-order valence-corrected chi connectivity index (χ0v) is 14.8. The van der Waals surface area contributed by atoms with Crippen LogP contribution in [0, 0.1) is 23.7 Å². The largest absolute Gasteiger partial charge is 0.468 e. The van der Waals surface area contributed by atoms with Crippen LogP contribution in [-0.2, 0) is 19.1 Å². The topological polar surface area (TPSA) is 96.5 Å². The summed E-state index contributed by atoms with van der Waals surface area (Å²) in [7, 11) is 1.24. The van der Waals surface area contributed by atoms with Gasteiger partial charge in [-0.3, -0.25) is 24.1 Å². The van der Waals surface area contributed by atoms with E-state index in [4.69, 9.17) is 0 Å². The Morgan fingerprint density at radius 2 is 2.08 bits per heavy atom. The molecule has 5 atom stereocenters. The lowest BCUT2D eigenvalue weighted by atomic mass is 9.77. The molecule has 130 valence electrons. The molecule has 3 fully saturated rings. The molecule has 9 heteroatoms. The van der Waals surface area contributed by atoms with Crippen molar-refractivity contribution in [2.75, 3.05) is 13.7 Å². The van der Waals surface area contributed by atoms with E-state index in [0.717, 1.165) is 21.2 Å². The number of carbonyl (C=O) groups is 3. The lowest BCUT2D eigenvalue weighted by Gasteiger charge is -2.32. The summed E-state index contributed by atoms with van der Waals surface area (Å²) < 4.78 is 4.61. The van der Waals surface area contributed by atoms with E-state index in [9.17, 15) is 19.2 Å². The van der Waals surface area contributed by atoms with Gasteiger partial charge in [0.25, 0.3) is 0 Å². The molecule has 1 N–H and O–H groups in total. The third-order valence-electron chi connectivity index (χ3n) is 5.76. The predicted octanol–water partition coefficient (Wildman–Crippen LogP) is 0.718. The Hall–Kier alpha value is -1.87. The van der Waals surface area contributed by atoms with E-state index in [1.807, 2.05) is 6.08 Å². The molecule has 4 aliphatic rings. The van der Waals surface area contributed by atoms with E-state index in [2.05, 4.69) is 9.72 Å². The molecule has 2 bridgehead atoms. The second-order valence-electron chi connectivity index (χ2n) is 6.79. The predicted molar refractivity (Wildman–Crippen MR) is 89.9 cm³/mol. The van der Waals surface area contributed by atoms with Crippen LogP contribution in [0.15, 0.2) is 15.4 Å². The number of ether oxygens (including phenoxy) is 1. The van der Waals surface area contributed by atoms with Gasteiger partial charge in [0, 0.05) is 5.25 Å². The van der Waals surface area contributed by atoms with Crippen LogP contribution in [0.5, 0.6) is 0 Å². The molecule has 0 spiro atoms. The van der Waals surface area contributed by atoms with E-state index in [1.165, 1.54) is 24.0 Å². The summed E-state index contributed by atoms with van der Waals surface area (Å²) in [6.45, 7) is -0.307. The first kappa shape index (κ1) is 15.4. The number of aromatic nitrogens is 1. The van der Waals surface area contributed by atoms with Gasteiger partial charge in [0.05, 0.1) is 28.8 Å². The molecule has 25 heavy (non-hydrogen) atoms. The van der Waals surface area contributed by atoms with Gasteiger partial charge in [0.2, 0.25) is 11.8 Å². The second kappa shape index (κ2) is 5.07. The van der Waals surface area contributed by atoms with Crippen LogP contribution in [-0.4, -0.2) is 46.6 Å². The monoisotopic (exact) mass is 378 g/mol. The Morgan fingerprint density at radius 1 is 1.32 bits per heavy atom. The van der Waals surface area contributed by atoms with Crippen LogP contribution in [0.2, 0.25) is 0 Å². The number of thioether (sulfide) groups is 1. The minimum absolute atomic E-state index is 0.0250. The number of fused-ring (bicyclic) bond motifs is 9. The number of likely N-dealkylation sites (tertiary alicyclic amines) is 1. The highest BCUT2D eigenvalue weighted by Gasteiger charge is 2.66. The second-order valence-corrected chi connectivity index (χ2v) is 8.95. The number of rotatable bonds is 2. The fourth-order valence-corrected chi connectivity index (χ4v) is 7.27. The Labute approximate surface area is 150 Å². The van der Waals surface area contributed by atoms with Crippen molar-refractivity contribution in [1.29, 1.82) is 0 Å². The van der Waals surface area contributed by atoms with E-state index >= 15 is 0 Å². The number of hydrogen-bond acceptors (Lipinski definition) is 7. The van der Waals surface area contributed by atoms with E-state index in [0.29, 0.717) is 0 Å². The molecular formula is C16H14N2O5S2. The molecule has 2 amide bonds. The lowest BCUT2D eigenvalue weighted by molar-refractivity contribution is -0.151. The normalized spacial score (nSPS) is 34.7. The third kappa shape index (κ3) is 1.93. The molecule has 0 radical (unpaired) electrons. The first-order valence-electron chi connectivity index (χ1n) is 8.03. The van der Waals surface area contributed by atoms with E-state index in [1.54, 1.807) is 11.8 Å². The van der Waals surface area contributed by atoms with Crippen molar-refractivity contribution in [2.24, 2.45) is 23.7 Å². The maximum absolute atomic E-state index is 12.8. The summed E-state index contributed by atoms with van der Waals surface area (Å²) in [5, 5.41) is 0.981. The van der Waals surface area contributed by atoms with Gasteiger partial charge in [0.1, 0.15) is 6.54 Å². The van der Waals surface area contributed by atoms with Crippen molar-refractivity contribution >= 4 is 47.0 Å². The van der Waals surface area contributed by atoms with Crippen LogP contribution >= 0.6 is 23.1 Å². The maximum atomic E-state index is 12.8. The zero-order valence-electron chi connectivity index (χ0n) is 13.2. The number of H-pyrrole nitrogens is 1. The number of thiazole rings is 1. The standard InChI is InChI=1S/C16H14N2O5S2/c1-23-9(19)4-18-14(20)10-5-2-7(11(10)15(18)21)12-6(5)3-8-13(25-12)17-16(22)24-8/h3,5,7,10-12H,2,4H2,1H3,(H,17,22)/t5-,7-,10?,11?,12?/m1/s1. The summed E-state index contributed by atoms with van der Waals surface area (Å²) >= 11 is 2.77. The molecule has 2 aliphatic carbocycles. The molecule has 2 aliphatic heterocycles. The lowest BCUT2D eigenvalue weighted by Crippen LogP contribution is -2.37. The zero-order chi connectivity index (χ0) is 17.5. The van der Waals surface area contributed by atoms with Crippen LogP contribution in [0.1, 0.15) is 11.3 Å². The highest BCUT2D eigenvalue weighted by Crippen LogP contribution is 2.64. The highest BCUT2D eigenvalue weighted by molar-refractivity contribution is 8.00. The molecule has 3 heterocycles. The fourth-order valence-electron chi connectivity index (χ4n) is 4.83. The number of imide groups is 1. The van der Waals surface area contributed by atoms with Gasteiger partial charge in [0.15, 0.2) is 0 Å². The number of aromatic amines is 1. The van der Waals surface area contributed by atoms with Crippen LogP contribution < -0.4 is 4.87 Å². The molecule has 1 saturated heterocycles. The molecule has 2 saturated carbocycles. The Morgan fingerprint density at radius 3 is 2.84 bits per heavy atom. The molecule has 1 aromatic heterocycles. The van der Waals surface area contributed by atoms with Crippen molar-refractivity contribution in [2.45, 2.75) is 16.7 Å². The number of hydrogen-bond donors (Lipinski definition) is 1. The van der Waals surface area contributed by atoms with Crippen molar-refractivity contribution in [3.63, 3.8) is 0 Å². The van der Waals surface area contributed by atoms with E-state index in [-0.39, 0.29) is 52.2 Å². The fraction of sp³-hybridized carbons (Fsp3) is 0.500. The molecule has 5 rings (SSSR count). The SMILES string of the molecule is COC(=O)CN1C(=O)C2C(C1=O)[C@@H]1C[C@H]2C2Sc3[nH]c(=O)sc3C=C21. The Kier molecular flexibility index (Phi) is 3.12. The Bertz CT molecular complexity index is 916. The minimum atomic E-state index is -0.584. The third-order valence-corrected chi connectivity index (χ3v) is 8.15. The number of esters is 1. The van der Waals surface area contributed by atoms with Crippen LogP contribution in [0.4, 0.5) is 0 Å². The number of nitrogens with zero attached hydrogens (tertiary/aromatic N) is 1. The summed E-state index contributed by atoms with van der Waals surface area (Å²) in [6, 6.07) is 0. The summed E-state index contributed by atoms with van der Waals surface area (Å²) in [4.78, 5) is 53.4. The molecule has 1 aromatic rings. The first-order chi connectivity index (χ1) is 12.0. The van der Waals surface area contributed by atoms with Crippen molar-refractivity contribution < 1.29 is 19.1 Å². The molecular weight excluding hydrogens is 364 g/mol. The number of amides is 2. The summed E-state index contributed by atoms with van der Waals surface area (Å²) in [5.41, 5.74) is 1.17. The van der Waals surface area contributed by atoms with Gasteiger partial charge in [-0.2, -0.15) is 0 Å². The molecule has 3 unspecified atom stereocenters.